The third kappa shape index (κ3) is 4.31. The lowest BCUT2D eigenvalue weighted by Gasteiger charge is -2.08. The summed E-state index contributed by atoms with van der Waals surface area (Å²) in [7, 11) is 0. The Morgan fingerprint density at radius 2 is 1.85 bits per heavy atom. The molecule has 2 N–H and O–H groups in total. The van der Waals surface area contributed by atoms with Gasteiger partial charge in [0.05, 0.1) is 22.8 Å². The van der Waals surface area contributed by atoms with Gasteiger partial charge in [-0.2, -0.15) is 0 Å². The van der Waals surface area contributed by atoms with E-state index in [9.17, 15) is 14.0 Å². The highest BCUT2D eigenvalue weighted by molar-refractivity contribution is 7.09. The molecule has 1 aromatic heterocycles. The fourth-order valence-corrected chi connectivity index (χ4v) is 2.95. The third-order valence-electron chi connectivity index (χ3n) is 3.61. The molecule has 2 amide bonds. The maximum Gasteiger partial charge on any atom is 0.254 e. The molecule has 0 aliphatic heterocycles. The summed E-state index contributed by atoms with van der Waals surface area (Å²) in [5.74, 6) is -1.65. The SMILES string of the molecule is Cc1nc(-c2ccc(NC(=O)CNC(=O)c3ccccc3F)cc2)cs1. The topological polar surface area (TPSA) is 71.1 Å². The predicted octanol–water partition coefficient (Wildman–Crippen LogP) is 3.63. The first-order valence-corrected chi connectivity index (χ1v) is 8.76. The van der Waals surface area contributed by atoms with Crippen LogP contribution < -0.4 is 10.6 Å². The second-order valence-corrected chi connectivity index (χ2v) is 6.60. The van der Waals surface area contributed by atoms with Gasteiger partial charge in [-0.15, -0.1) is 11.3 Å². The van der Waals surface area contributed by atoms with Crippen LogP contribution in [0.4, 0.5) is 10.1 Å². The first-order valence-electron chi connectivity index (χ1n) is 7.88. The molecular weight excluding hydrogens is 353 g/mol. The Labute approximate surface area is 153 Å². The number of anilines is 1. The fraction of sp³-hybridized carbons (Fsp3) is 0.105. The maximum atomic E-state index is 13.5. The summed E-state index contributed by atoms with van der Waals surface area (Å²) in [4.78, 5) is 28.3. The number of benzene rings is 2. The Hall–Kier alpha value is -3.06. The molecule has 0 unspecified atom stereocenters. The van der Waals surface area contributed by atoms with E-state index in [-0.39, 0.29) is 12.1 Å². The minimum atomic E-state index is -0.632. The van der Waals surface area contributed by atoms with Crippen molar-refractivity contribution in [3.8, 4) is 11.3 Å². The third-order valence-corrected chi connectivity index (χ3v) is 4.38. The molecule has 26 heavy (non-hydrogen) atoms. The van der Waals surface area contributed by atoms with Crippen LogP contribution in [0.25, 0.3) is 11.3 Å². The molecule has 7 heteroatoms. The lowest BCUT2D eigenvalue weighted by molar-refractivity contribution is -0.115. The quantitative estimate of drug-likeness (QED) is 0.721. The van der Waals surface area contributed by atoms with Crippen LogP contribution in [0, 0.1) is 12.7 Å². The molecule has 0 radical (unpaired) electrons. The van der Waals surface area contributed by atoms with Gasteiger partial charge in [-0.1, -0.05) is 24.3 Å². The number of thiazole rings is 1. The lowest BCUT2D eigenvalue weighted by atomic mass is 10.1. The van der Waals surface area contributed by atoms with Crippen LogP contribution in [0.2, 0.25) is 0 Å². The smallest absolute Gasteiger partial charge is 0.254 e. The monoisotopic (exact) mass is 369 g/mol. The normalized spacial score (nSPS) is 10.4. The van der Waals surface area contributed by atoms with Crippen LogP contribution in [0.5, 0.6) is 0 Å². The number of carbonyl (C=O) groups is 2. The number of nitrogens with one attached hydrogen (secondary N) is 2. The van der Waals surface area contributed by atoms with Crippen LogP contribution in [0.1, 0.15) is 15.4 Å². The van der Waals surface area contributed by atoms with Crippen LogP contribution in [0.3, 0.4) is 0 Å². The van der Waals surface area contributed by atoms with E-state index in [1.165, 1.54) is 18.2 Å². The van der Waals surface area contributed by atoms with Crippen molar-refractivity contribution in [3.05, 3.63) is 70.3 Å². The second kappa shape index (κ2) is 7.88. The molecule has 0 aliphatic rings. The Kier molecular flexibility index (Phi) is 5.38. The molecule has 0 spiro atoms. The van der Waals surface area contributed by atoms with Gasteiger partial charge in [-0.25, -0.2) is 9.37 Å². The van der Waals surface area contributed by atoms with Gasteiger partial charge in [0, 0.05) is 16.6 Å². The summed E-state index contributed by atoms with van der Waals surface area (Å²) >= 11 is 1.57. The molecular formula is C19H16FN3O2S. The van der Waals surface area contributed by atoms with Crippen LogP contribution in [-0.4, -0.2) is 23.3 Å². The number of amides is 2. The second-order valence-electron chi connectivity index (χ2n) is 5.54. The van der Waals surface area contributed by atoms with E-state index in [0.29, 0.717) is 5.69 Å². The van der Waals surface area contributed by atoms with Crippen molar-refractivity contribution in [1.29, 1.82) is 0 Å². The van der Waals surface area contributed by atoms with Crippen molar-refractivity contribution in [2.24, 2.45) is 0 Å². The minimum Gasteiger partial charge on any atom is -0.343 e. The molecule has 0 saturated carbocycles. The zero-order chi connectivity index (χ0) is 18.5. The minimum absolute atomic E-state index is 0.0943. The zero-order valence-electron chi connectivity index (χ0n) is 14.0. The van der Waals surface area contributed by atoms with Crippen molar-refractivity contribution in [3.63, 3.8) is 0 Å². The molecule has 3 rings (SSSR count). The number of aryl methyl sites for hydroxylation is 1. The van der Waals surface area contributed by atoms with E-state index >= 15 is 0 Å². The van der Waals surface area contributed by atoms with E-state index in [1.54, 1.807) is 29.5 Å². The van der Waals surface area contributed by atoms with Crippen molar-refractivity contribution >= 4 is 28.8 Å². The molecule has 0 aliphatic carbocycles. The van der Waals surface area contributed by atoms with E-state index in [0.717, 1.165) is 16.3 Å². The highest BCUT2D eigenvalue weighted by Crippen LogP contribution is 2.23. The van der Waals surface area contributed by atoms with Gasteiger partial charge >= 0.3 is 0 Å². The van der Waals surface area contributed by atoms with E-state index in [2.05, 4.69) is 15.6 Å². The van der Waals surface area contributed by atoms with Gasteiger partial charge in [0.25, 0.3) is 5.91 Å². The zero-order valence-corrected chi connectivity index (χ0v) is 14.8. The average molecular weight is 369 g/mol. The van der Waals surface area contributed by atoms with Crippen molar-refractivity contribution in [2.75, 3.05) is 11.9 Å². The molecule has 3 aromatic rings. The first kappa shape index (κ1) is 17.8. The Morgan fingerprint density at radius 3 is 2.50 bits per heavy atom. The number of hydrogen-bond acceptors (Lipinski definition) is 4. The van der Waals surface area contributed by atoms with Crippen molar-refractivity contribution in [1.82, 2.24) is 10.3 Å². The molecule has 0 atom stereocenters. The summed E-state index contributed by atoms with van der Waals surface area (Å²) in [6, 6.07) is 12.9. The van der Waals surface area contributed by atoms with Gasteiger partial charge < -0.3 is 10.6 Å². The highest BCUT2D eigenvalue weighted by atomic mass is 32.1. The number of halogens is 1. The standard InChI is InChI=1S/C19H16FN3O2S/c1-12-22-17(11-26-12)13-6-8-14(9-7-13)23-18(24)10-21-19(25)15-4-2-3-5-16(15)20/h2-9,11H,10H2,1H3,(H,21,25)(H,23,24). The number of rotatable bonds is 5. The predicted molar refractivity (Wildman–Crippen MR) is 99.6 cm³/mol. The van der Waals surface area contributed by atoms with Gasteiger partial charge in [-0.3, -0.25) is 9.59 Å². The number of nitrogens with zero attached hydrogens (tertiary/aromatic N) is 1. The van der Waals surface area contributed by atoms with Crippen molar-refractivity contribution < 1.29 is 14.0 Å². The summed E-state index contributed by atoms with van der Waals surface area (Å²) in [5, 5.41) is 8.04. The van der Waals surface area contributed by atoms with Gasteiger partial charge in [0.15, 0.2) is 0 Å². The molecule has 0 saturated heterocycles. The number of carbonyl (C=O) groups excluding carboxylic acids is 2. The van der Waals surface area contributed by atoms with E-state index in [1.807, 2.05) is 24.4 Å². The van der Waals surface area contributed by atoms with Crippen molar-refractivity contribution in [2.45, 2.75) is 6.92 Å². The molecule has 1 heterocycles. The number of aromatic nitrogens is 1. The van der Waals surface area contributed by atoms with Gasteiger partial charge in [0.2, 0.25) is 5.91 Å². The lowest BCUT2D eigenvalue weighted by Crippen LogP contribution is -2.33. The highest BCUT2D eigenvalue weighted by Gasteiger charge is 2.12. The maximum absolute atomic E-state index is 13.5. The largest absolute Gasteiger partial charge is 0.343 e. The molecule has 5 nitrogen and oxygen atoms in total. The first-order chi connectivity index (χ1) is 12.5. The molecule has 2 aromatic carbocycles. The van der Waals surface area contributed by atoms with E-state index < -0.39 is 17.6 Å². The Morgan fingerprint density at radius 1 is 1.12 bits per heavy atom. The molecule has 0 fully saturated rings. The average Bonchev–Trinajstić information content (AvgIpc) is 3.07. The Bertz CT molecular complexity index is 938. The fourth-order valence-electron chi connectivity index (χ4n) is 2.33. The summed E-state index contributed by atoms with van der Waals surface area (Å²) in [6.45, 7) is 1.69. The van der Waals surface area contributed by atoms with Crippen LogP contribution in [-0.2, 0) is 4.79 Å². The van der Waals surface area contributed by atoms with E-state index in [4.69, 9.17) is 0 Å². The van der Waals surface area contributed by atoms with Crippen LogP contribution >= 0.6 is 11.3 Å². The van der Waals surface area contributed by atoms with Gasteiger partial charge in [0.1, 0.15) is 5.82 Å². The summed E-state index contributed by atoms with van der Waals surface area (Å²) in [6.07, 6.45) is 0. The van der Waals surface area contributed by atoms with Crippen LogP contribution in [0.15, 0.2) is 53.9 Å². The van der Waals surface area contributed by atoms with Gasteiger partial charge in [-0.05, 0) is 31.2 Å². The summed E-state index contributed by atoms with van der Waals surface area (Å²) in [5.41, 5.74) is 2.36. The molecule has 132 valence electrons. The Balaban J connectivity index is 1.55. The summed E-state index contributed by atoms with van der Waals surface area (Å²) < 4.78 is 13.5. The molecule has 0 bridgehead atoms. The number of hydrogen-bond donors (Lipinski definition) is 2.